The monoisotopic (exact) mass is 507 g/mol. The highest BCUT2D eigenvalue weighted by atomic mass is 32.1. The van der Waals surface area contributed by atoms with Crippen molar-refractivity contribution in [2.45, 2.75) is 12.8 Å². The molecule has 1 fully saturated rings. The normalized spacial score (nSPS) is 14.2. The number of H-pyrrole nitrogens is 2. The molecule has 1 aliphatic rings. The van der Waals surface area contributed by atoms with Gasteiger partial charge in [0.15, 0.2) is 11.5 Å². The van der Waals surface area contributed by atoms with Crippen LogP contribution >= 0.6 is 11.3 Å². The average Bonchev–Trinajstić information content (AvgIpc) is 3.74. The van der Waals surface area contributed by atoms with Gasteiger partial charge in [-0.15, -0.1) is 0 Å². The lowest BCUT2D eigenvalue weighted by atomic mass is 10.1. The zero-order valence-electron chi connectivity index (χ0n) is 20.1. The predicted molar refractivity (Wildman–Crippen MR) is 147 cm³/mol. The second-order valence-corrected chi connectivity index (χ2v) is 10.1. The predicted octanol–water partition coefficient (Wildman–Crippen LogP) is 5.77. The Morgan fingerprint density at radius 2 is 1.89 bits per heavy atom. The molecule has 0 bridgehead atoms. The second kappa shape index (κ2) is 9.42. The maximum Gasteiger partial charge on any atom is 0.161 e. The van der Waals surface area contributed by atoms with Crippen molar-refractivity contribution in [1.82, 2.24) is 35.0 Å². The molecule has 0 radical (unpaired) electrons. The third-order valence-electron chi connectivity index (χ3n) is 6.86. The first-order chi connectivity index (χ1) is 18.3. The molecule has 5 aromatic heterocycles. The van der Waals surface area contributed by atoms with E-state index in [1.165, 1.54) is 25.9 Å². The van der Waals surface area contributed by atoms with E-state index in [4.69, 9.17) is 14.7 Å². The second-order valence-electron chi connectivity index (χ2n) is 9.27. The van der Waals surface area contributed by atoms with Crippen molar-refractivity contribution in [3.63, 3.8) is 0 Å². The Labute approximate surface area is 217 Å². The topological polar surface area (TPSA) is 95.6 Å². The Hall–Kier alpha value is -4.08. The number of aromatic nitrogens is 6. The number of nitrogens with zero attached hydrogens (tertiary/aromatic N) is 5. The van der Waals surface area contributed by atoms with Gasteiger partial charge >= 0.3 is 0 Å². The fourth-order valence-corrected chi connectivity index (χ4v) is 5.61. The number of fused-ring (bicyclic) bond motifs is 2. The molecule has 6 aromatic rings. The lowest BCUT2D eigenvalue weighted by Crippen LogP contribution is -2.25. The van der Waals surface area contributed by atoms with Crippen LogP contribution in [0.15, 0.2) is 65.6 Å². The molecule has 9 heteroatoms. The molecular formula is C28H25N7OS. The molecule has 8 nitrogen and oxygen atoms in total. The third-order valence-corrected chi connectivity index (χ3v) is 7.54. The van der Waals surface area contributed by atoms with Crippen LogP contribution < -0.4 is 4.74 Å². The number of para-hydroxylation sites is 1. The summed E-state index contributed by atoms with van der Waals surface area (Å²) in [6.07, 6.45) is 6.14. The van der Waals surface area contributed by atoms with E-state index in [1.807, 2.05) is 36.5 Å². The van der Waals surface area contributed by atoms with Crippen molar-refractivity contribution in [3.8, 4) is 39.7 Å². The molecule has 0 unspecified atom stereocenters. The number of aromatic amines is 2. The number of imidazole rings is 1. The van der Waals surface area contributed by atoms with Crippen LogP contribution in [0.4, 0.5) is 0 Å². The summed E-state index contributed by atoms with van der Waals surface area (Å²) in [5.41, 5.74) is 8.16. The van der Waals surface area contributed by atoms with E-state index in [0.29, 0.717) is 18.1 Å². The molecule has 184 valence electrons. The van der Waals surface area contributed by atoms with Gasteiger partial charge in [0.1, 0.15) is 17.9 Å². The van der Waals surface area contributed by atoms with Gasteiger partial charge in [-0.3, -0.25) is 15.0 Å². The first kappa shape index (κ1) is 22.1. The summed E-state index contributed by atoms with van der Waals surface area (Å²) in [7, 11) is 0. The Balaban J connectivity index is 1.20. The highest BCUT2D eigenvalue weighted by Gasteiger charge is 2.17. The van der Waals surface area contributed by atoms with Crippen molar-refractivity contribution < 1.29 is 4.74 Å². The Morgan fingerprint density at radius 3 is 2.78 bits per heavy atom. The molecule has 0 spiro atoms. The molecule has 1 saturated heterocycles. The number of rotatable bonds is 7. The quantitative estimate of drug-likeness (QED) is 0.285. The van der Waals surface area contributed by atoms with Crippen molar-refractivity contribution in [2.75, 3.05) is 26.2 Å². The van der Waals surface area contributed by atoms with Crippen molar-refractivity contribution in [1.29, 1.82) is 0 Å². The Kier molecular flexibility index (Phi) is 5.64. The summed E-state index contributed by atoms with van der Waals surface area (Å²) in [6.45, 7) is 3.93. The van der Waals surface area contributed by atoms with Gasteiger partial charge in [-0.05, 0) is 72.6 Å². The average molecular weight is 508 g/mol. The zero-order valence-corrected chi connectivity index (χ0v) is 21.0. The smallest absolute Gasteiger partial charge is 0.161 e. The van der Waals surface area contributed by atoms with Gasteiger partial charge in [0.25, 0.3) is 0 Å². The van der Waals surface area contributed by atoms with Gasteiger partial charge in [0, 0.05) is 23.9 Å². The Bertz CT molecular complexity index is 1680. The summed E-state index contributed by atoms with van der Waals surface area (Å²) in [6, 6.07) is 14.3. The van der Waals surface area contributed by atoms with E-state index in [2.05, 4.69) is 48.0 Å². The molecule has 0 aliphatic carbocycles. The number of ether oxygens (including phenoxy) is 1. The largest absolute Gasteiger partial charge is 0.491 e. The fraction of sp³-hybridized carbons (Fsp3) is 0.214. The molecule has 37 heavy (non-hydrogen) atoms. The van der Waals surface area contributed by atoms with Crippen molar-refractivity contribution >= 4 is 33.4 Å². The SMILES string of the molecule is c1cc(-c2ccsc2)c2nc(-c3n[nH]c4ccc(-c5cncc(OCCN6CCCC6)c5)nc34)[nH]c2c1. The van der Waals surface area contributed by atoms with E-state index in [9.17, 15) is 0 Å². The first-order valence-electron chi connectivity index (χ1n) is 12.5. The molecule has 0 saturated carbocycles. The molecule has 2 N–H and O–H groups in total. The number of pyridine rings is 2. The number of likely N-dealkylation sites (tertiary alicyclic amines) is 1. The van der Waals surface area contributed by atoms with E-state index in [-0.39, 0.29) is 0 Å². The van der Waals surface area contributed by atoms with Crippen LogP contribution in [0.25, 0.3) is 56.0 Å². The minimum atomic E-state index is 0.656. The maximum absolute atomic E-state index is 6.01. The summed E-state index contributed by atoms with van der Waals surface area (Å²) >= 11 is 1.68. The molecule has 6 heterocycles. The fourth-order valence-electron chi connectivity index (χ4n) is 4.96. The van der Waals surface area contributed by atoms with Gasteiger partial charge in [-0.1, -0.05) is 12.1 Å². The molecule has 0 atom stereocenters. The molecule has 0 amide bonds. The van der Waals surface area contributed by atoms with Crippen molar-refractivity contribution in [3.05, 3.63) is 65.6 Å². The van der Waals surface area contributed by atoms with Crippen LogP contribution in [0.3, 0.4) is 0 Å². The van der Waals surface area contributed by atoms with Gasteiger partial charge in [0.2, 0.25) is 0 Å². The highest BCUT2D eigenvalue weighted by molar-refractivity contribution is 7.08. The van der Waals surface area contributed by atoms with Crippen LogP contribution in [0, 0.1) is 0 Å². The standard InChI is InChI=1S/C28H25N7OS/c1-2-10-35(9-1)11-12-36-20-14-19(15-29-16-20)22-6-7-24-26(30-22)27(34-33-24)28-31-23-5-3-4-21(25(23)32-28)18-8-13-37-17-18/h3-8,13-17H,1-2,9-12H2,(H,31,32)(H,33,34). The number of benzene rings is 1. The van der Waals surface area contributed by atoms with Gasteiger partial charge in [0.05, 0.1) is 28.4 Å². The summed E-state index contributed by atoms with van der Waals surface area (Å²) in [5, 5.41) is 11.9. The lowest BCUT2D eigenvalue weighted by molar-refractivity contribution is 0.237. The third kappa shape index (κ3) is 4.26. The summed E-state index contributed by atoms with van der Waals surface area (Å²) in [4.78, 5) is 20.2. The highest BCUT2D eigenvalue weighted by Crippen LogP contribution is 2.32. The minimum absolute atomic E-state index is 0.656. The zero-order chi connectivity index (χ0) is 24.6. The number of thiophene rings is 1. The lowest BCUT2D eigenvalue weighted by Gasteiger charge is -2.15. The van der Waals surface area contributed by atoms with Gasteiger partial charge < -0.3 is 9.72 Å². The van der Waals surface area contributed by atoms with Crippen LogP contribution in [-0.4, -0.2) is 61.3 Å². The maximum atomic E-state index is 6.01. The molecule has 7 rings (SSSR count). The van der Waals surface area contributed by atoms with Gasteiger partial charge in [-0.25, -0.2) is 9.97 Å². The minimum Gasteiger partial charge on any atom is -0.491 e. The molecule has 1 aromatic carbocycles. The summed E-state index contributed by atoms with van der Waals surface area (Å²) in [5.74, 6) is 1.44. The van der Waals surface area contributed by atoms with Gasteiger partial charge in [-0.2, -0.15) is 16.4 Å². The Morgan fingerprint density at radius 1 is 0.946 bits per heavy atom. The van der Waals surface area contributed by atoms with E-state index < -0.39 is 0 Å². The van der Waals surface area contributed by atoms with Crippen LogP contribution in [0.5, 0.6) is 5.75 Å². The molecular weight excluding hydrogens is 482 g/mol. The number of hydrogen-bond acceptors (Lipinski definition) is 7. The first-order valence-corrected chi connectivity index (χ1v) is 13.4. The molecule has 1 aliphatic heterocycles. The number of nitrogens with one attached hydrogen (secondary N) is 2. The summed E-state index contributed by atoms with van der Waals surface area (Å²) < 4.78 is 6.01. The van der Waals surface area contributed by atoms with Crippen LogP contribution in [0.1, 0.15) is 12.8 Å². The number of hydrogen-bond donors (Lipinski definition) is 2. The van der Waals surface area contributed by atoms with E-state index >= 15 is 0 Å². The van der Waals surface area contributed by atoms with Crippen LogP contribution in [-0.2, 0) is 0 Å². The van der Waals surface area contributed by atoms with Crippen molar-refractivity contribution in [2.24, 2.45) is 0 Å². The van der Waals surface area contributed by atoms with Crippen LogP contribution in [0.2, 0.25) is 0 Å². The van der Waals surface area contributed by atoms with E-state index in [1.54, 1.807) is 17.5 Å². The van der Waals surface area contributed by atoms with E-state index in [0.717, 1.165) is 56.7 Å².